The van der Waals surface area contributed by atoms with Gasteiger partial charge >= 0.3 is 5.97 Å². The van der Waals surface area contributed by atoms with E-state index in [9.17, 15) is 9.59 Å². The Kier molecular flexibility index (Phi) is 5.36. The van der Waals surface area contributed by atoms with E-state index < -0.39 is 12.0 Å². The van der Waals surface area contributed by atoms with Crippen molar-refractivity contribution in [2.24, 2.45) is 5.92 Å². The van der Waals surface area contributed by atoms with E-state index in [-0.39, 0.29) is 18.2 Å². The van der Waals surface area contributed by atoms with E-state index in [2.05, 4.69) is 10.5 Å². The van der Waals surface area contributed by atoms with Crippen LogP contribution < -0.4 is 5.32 Å². The molecule has 0 radical (unpaired) electrons. The minimum absolute atomic E-state index is 0.0576. The molecule has 1 heterocycles. The van der Waals surface area contributed by atoms with Crippen LogP contribution in [0.5, 0.6) is 0 Å². The molecule has 2 rings (SSSR count). The van der Waals surface area contributed by atoms with Crippen LogP contribution >= 0.6 is 0 Å². The fraction of sp³-hybridized carbons (Fsp3) is 0.471. The average Bonchev–Trinajstić information content (AvgIpc) is 2.87. The van der Waals surface area contributed by atoms with Gasteiger partial charge in [-0.05, 0) is 31.4 Å². The summed E-state index contributed by atoms with van der Waals surface area (Å²) in [4.78, 5) is 24.0. The van der Waals surface area contributed by atoms with Gasteiger partial charge in [-0.1, -0.05) is 30.6 Å². The smallest absolute Gasteiger partial charge is 0.328 e. The standard InChI is InChI=1S/C17H22N2O4/c1-10(2)7-14(17(21)22-4)18-16(20)9-13-12-8-11(3)5-6-15(12)23-19-13/h5-6,8,10,14H,7,9H2,1-4H3,(H,18,20). The van der Waals surface area contributed by atoms with Gasteiger partial charge in [0.1, 0.15) is 11.7 Å². The second-order valence-electron chi connectivity index (χ2n) is 6.08. The lowest BCUT2D eigenvalue weighted by atomic mass is 10.0. The van der Waals surface area contributed by atoms with Gasteiger partial charge in [-0.3, -0.25) is 4.79 Å². The Labute approximate surface area is 135 Å². The summed E-state index contributed by atoms with van der Waals surface area (Å²) in [5, 5.41) is 7.50. The number of ether oxygens (including phenoxy) is 1. The van der Waals surface area contributed by atoms with Crippen molar-refractivity contribution < 1.29 is 18.8 Å². The lowest BCUT2D eigenvalue weighted by Gasteiger charge is -2.18. The van der Waals surface area contributed by atoms with Gasteiger partial charge in [0.2, 0.25) is 5.91 Å². The lowest BCUT2D eigenvalue weighted by Crippen LogP contribution is -2.43. The molecular weight excluding hydrogens is 296 g/mol. The lowest BCUT2D eigenvalue weighted by molar-refractivity contribution is -0.145. The van der Waals surface area contributed by atoms with Gasteiger partial charge in [-0.25, -0.2) is 4.79 Å². The van der Waals surface area contributed by atoms with Crippen LogP contribution in [0.4, 0.5) is 0 Å². The highest BCUT2D eigenvalue weighted by Gasteiger charge is 2.23. The van der Waals surface area contributed by atoms with E-state index in [0.29, 0.717) is 17.7 Å². The summed E-state index contributed by atoms with van der Waals surface area (Å²) in [6, 6.07) is 5.04. The Morgan fingerprint density at radius 1 is 1.35 bits per heavy atom. The number of aryl methyl sites for hydroxylation is 1. The van der Waals surface area contributed by atoms with E-state index >= 15 is 0 Å². The van der Waals surface area contributed by atoms with Gasteiger partial charge in [0.25, 0.3) is 0 Å². The Morgan fingerprint density at radius 2 is 2.09 bits per heavy atom. The maximum atomic E-state index is 12.3. The minimum atomic E-state index is -0.646. The number of benzene rings is 1. The summed E-state index contributed by atoms with van der Waals surface area (Å²) >= 11 is 0. The Bertz CT molecular complexity index is 706. The third kappa shape index (κ3) is 4.31. The minimum Gasteiger partial charge on any atom is -0.467 e. The monoisotopic (exact) mass is 318 g/mol. The molecule has 0 fully saturated rings. The van der Waals surface area contributed by atoms with Crippen molar-refractivity contribution >= 4 is 22.8 Å². The van der Waals surface area contributed by atoms with Crippen molar-refractivity contribution in [1.29, 1.82) is 0 Å². The predicted octanol–water partition coefficient (Wildman–Crippen LogP) is 2.38. The van der Waals surface area contributed by atoms with E-state index in [1.54, 1.807) is 0 Å². The second kappa shape index (κ2) is 7.26. The number of hydrogen-bond acceptors (Lipinski definition) is 5. The molecule has 6 nitrogen and oxygen atoms in total. The molecule has 23 heavy (non-hydrogen) atoms. The van der Waals surface area contributed by atoms with Gasteiger partial charge in [0.15, 0.2) is 5.58 Å². The molecule has 1 aromatic heterocycles. The zero-order valence-corrected chi connectivity index (χ0v) is 13.9. The largest absolute Gasteiger partial charge is 0.467 e. The first-order valence-corrected chi connectivity index (χ1v) is 7.62. The van der Waals surface area contributed by atoms with Crippen LogP contribution in [0.3, 0.4) is 0 Å². The molecule has 6 heteroatoms. The molecule has 124 valence electrons. The first kappa shape index (κ1) is 17.0. The van der Waals surface area contributed by atoms with Crippen LogP contribution in [0.1, 0.15) is 31.5 Å². The van der Waals surface area contributed by atoms with Crippen molar-refractivity contribution in [3.63, 3.8) is 0 Å². The van der Waals surface area contributed by atoms with Crippen LogP contribution in [0.25, 0.3) is 11.0 Å². The number of nitrogens with one attached hydrogen (secondary N) is 1. The van der Waals surface area contributed by atoms with E-state index in [1.807, 2.05) is 39.0 Å². The number of carbonyl (C=O) groups excluding carboxylic acids is 2. The number of esters is 1. The Balaban J connectivity index is 2.10. The fourth-order valence-electron chi connectivity index (χ4n) is 2.46. The summed E-state index contributed by atoms with van der Waals surface area (Å²) in [5.74, 6) is -0.458. The molecule has 0 aliphatic heterocycles. The average molecular weight is 318 g/mol. The highest BCUT2D eigenvalue weighted by molar-refractivity contribution is 5.89. The first-order valence-electron chi connectivity index (χ1n) is 7.62. The molecule has 0 spiro atoms. The topological polar surface area (TPSA) is 81.4 Å². The molecule has 1 atom stereocenters. The SMILES string of the molecule is COC(=O)C(CC(C)C)NC(=O)Cc1noc2ccc(C)cc12. The quantitative estimate of drug-likeness (QED) is 0.827. The van der Waals surface area contributed by atoms with Gasteiger partial charge in [0.05, 0.1) is 13.5 Å². The number of carbonyl (C=O) groups is 2. The van der Waals surface area contributed by atoms with Crippen LogP contribution in [-0.2, 0) is 20.7 Å². The molecule has 0 saturated heterocycles. The second-order valence-corrected chi connectivity index (χ2v) is 6.08. The third-order valence-electron chi connectivity index (χ3n) is 3.56. The van der Waals surface area contributed by atoms with E-state index in [0.717, 1.165) is 10.9 Å². The number of aromatic nitrogens is 1. The number of nitrogens with zero attached hydrogens (tertiary/aromatic N) is 1. The van der Waals surface area contributed by atoms with Crippen LogP contribution in [0, 0.1) is 12.8 Å². The van der Waals surface area contributed by atoms with Gasteiger partial charge in [-0.2, -0.15) is 0 Å². The molecule has 0 aliphatic carbocycles. The fourth-order valence-corrected chi connectivity index (χ4v) is 2.46. The van der Waals surface area contributed by atoms with Gasteiger partial charge in [0, 0.05) is 5.39 Å². The van der Waals surface area contributed by atoms with Crippen molar-refractivity contribution in [1.82, 2.24) is 10.5 Å². The number of fused-ring (bicyclic) bond motifs is 1. The Hall–Kier alpha value is -2.37. The molecule has 1 amide bonds. The highest BCUT2D eigenvalue weighted by Crippen LogP contribution is 2.20. The Morgan fingerprint density at radius 3 is 2.74 bits per heavy atom. The number of rotatable bonds is 6. The summed E-state index contributed by atoms with van der Waals surface area (Å²) in [6.45, 7) is 5.93. The van der Waals surface area contributed by atoms with Crippen molar-refractivity contribution in [2.45, 2.75) is 39.7 Å². The summed E-state index contributed by atoms with van der Waals surface area (Å²) in [7, 11) is 1.32. The maximum absolute atomic E-state index is 12.3. The van der Waals surface area contributed by atoms with Crippen molar-refractivity contribution in [2.75, 3.05) is 7.11 Å². The number of hydrogen-bond donors (Lipinski definition) is 1. The first-order chi connectivity index (χ1) is 10.9. The van der Waals surface area contributed by atoms with Gasteiger partial charge in [-0.15, -0.1) is 0 Å². The molecule has 0 saturated carbocycles. The number of amides is 1. The summed E-state index contributed by atoms with van der Waals surface area (Å²) in [5.41, 5.74) is 2.27. The van der Waals surface area contributed by atoms with Crippen LogP contribution in [0.2, 0.25) is 0 Å². The molecular formula is C17H22N2O4. The summed E-state index contributed by atoms with van der Waals surface area (Å²) < 4.78 is 9.97. The van der Waals surface area contributed by atoms with Crippen LogP contribution in [0.15, 0.2) is 22.7 Å². The zero-order chi connectivity index (χ0) is 17.0. The maximum Gasteiger partial charge on any atom is 0.328 e. The van der Waals surface area contributed by atoms with Crippen molar-refractivity contribution in [3.05, 3.63) is 29.5 Å². The highest BCUT2D eigenvalue weighted by atomic mass is 16.5. The molecule has 1 N–H and O–H groups in total. The third-order valence-corrected chi connectivity index (χ3v) is 3.56. The normalized spacial score (nSPS) is 12.4. The van der Waals surface area contributed by atoms with E-state index in [4.69, 9.17) is 9.26 Å². The predicted molar refractivity (Wildman–Crippen MR) is 85.9 cm³/mol. The van der Waals surface area contributed by atoms with Crippen molar-refractivity contribution in [3.8, 4) is 0 Å². The number of methoxy groups -OCH3 is 1. The molecule has 0 aliphatic rings. The molecule has 1 aromatic carbocycles. The molecule has 1 unspecified atom stereocenters. The van der Waals surface area contributed by atoms with Gasteiger partial charge < -0.3 is 14.6 Å². The molecule has 2 aromatic rings. The van der Waals surface area contributed by atoms with Crippen LogP contribution in [-0.4, -0.2) is 30.2 Å². The molecule has 0 bridgehead atoms. The van der Waals surface area contributed by atoms with E-state index in [1.165, 1.54) is 7.11 Å². The summed E-state index contributed by atoms with van der Waals surface area (Å²) in [6.07, 6.45) is 0.582. The zero-order valence-electron chi connectivity index (χ0n) is 13.9.